The molecule has 0 unspecified atom stereocenters. The summed E-state index contributed by atoms with van der Waals surface area (Å²) in [6.45, 7) is 3.39. The Morgan fingerprint density at radius 2 is 1.65 bits per heavy atom. The highest BCUT2D eigenvalue weighted by molar-refractivity contribution is 7.98. The minimum absolute atomic E-state index is 0.343. The molecule has 26 heavy (non-hydrogen) atoms. The average molecular weight is 389 g/mol. The van der Waals surface area contributed by atoms with E-state index in [0.29, 0.717) is 23.9 Å². The summed E-state index contributed by atoms with van der Waals surface area (Å²) in [6, 6.07) is 15.0. The van der Waals surface area contributed by atoms with E-state index in [1.807, 2.05) is 18.4 Å². The lowest BCUT2D eigenvalue weighted by Crippen LogP contribution is -2.37. The minimum atomic E-state index is -3.40. The molecule has 0 spiro atoms. The smallest absolute Gasteiger partial charge is 0.243 e. The number of rotatable bonds is 5. The number of piperidine rings is 1. The highest BCUT2D eigenvalue weighted by atomic mass is 32.2. The maximum atomic E-state index is 12.7. The Morgan fingerprint density at radius 3 is 2.23 bits per heavy atom. The normalized spacial score (nSPS) is 17.0. The second-order valence-corrected chi connectivity index (χ2v) is 9.43. The van der Waals surface area contributed by atoms with Gasteiger partial charge in [0.05, 0.1) is 10.6 Å². The van der Waals surface area contributed by atoms with Crippen LogP contribution in [0.4, 0.5) is 5.69 Å². The van der Waals surface area contributed by atoms with Crippen molar-refractivity contribution in [2.75, 3.05) is 19.3 Å². The zero-order valence-electron chi connectivity index (χ0n) is 15.1. The molecule has 0 atom stereocenters. The zero-order chi connectivity index (χ0) is 18.6. The zero-order valence-corrected chi connectivity index (χ0v) is 16.8. The van der Waals surface area contributed by atoms with Gasteiger partial charge in [-0.2, -0.15) is 4.31 Å². The van der Waals surface area contributed by atoms with Gasteiger partial charge in [-0.05, 0) is 67.0 Å². The first-order chi connectivity index (χ1) is 12.5. The molecule has 1 saturated heterocycles. The van der Waals surface area contributed by atoms with Gasteiger partial charge in [-0.1, -0.05) is 19.1 Å². The number of benzene rings is 2. The predicted octanol–water partition coefficient (Wildman–Crippen LogP) is 4.58. The lowest BCUT2D eigenvalue weighted by atomic mass is 10.0. The van der Waals surface area contributed by atoms with Gasteiger partial charge in [-0.25, -0.2) is 8.42 Å². The summed E-state index contributed by atoms with van der Waals surface area (Å²) >= 11 is 1.70. The van der Waals surface area contributed by atoms with Crippen molar-refractivity contribution >= 4 is 33.7 Å². The quantitative estimate of drug-likeness (QED) is 0.556. The van der Waals surface area contributed by atoms with Crippen molar-refractivity contribution in [3.05, 3.63) is 54.1 Å². The molecule has 2 aromatic carbocycles. The fourth-order valence-electron chi connectivity index (χ4n) is 2.92. The molecule has 1 heterocycles. The summed E-state index contributed by atoms with van der Waals surface area (Å²) < 4.78 is 27.1. The van der Waals surface area contributed by atoms with E-state index < -0.39 is 10.0 Å². The van der Waals surface area contributed by atoms with Crippen molar-refractivity contribution < 1.29 is 8.42 Å². The van der Waals surface area contributed by atoms with Crippen LogP contribution in [0.15, 0.2) is 63.3 Å². The molecule has 0 aromatic heterocycles. The fraction of sp³-hybridized carbons (Fsp3) is 0.350. The molecule has 1 fully saturated rings. The second-order valence-electron chi connectivity index (χ2n) is 6.61. The van der Waals surface area contributed by atoms with E-state index in [2.05, 4.69) is 24.0 Å². The lowest BCUT2D eigenvalue weighted by molar-refractivity contribution is 0.288. The highest BCUT2D eigenvalue weighted by Gasteiger charge is 2.27. The van der Waals surface area contributed by atoms with Gasteiger partial charge in [0.15, 0.2) is 0 Å². The number of hydrogen-bond donors (Lipinski definition) is 0. The molecule has 0 aliphatic carbocycles. The van der Waals surface area contributed by atoms with E-state index in [-0.39, 0.29) is 0 Å². The molecule has 0 radical (unpaired) electrons. The predicted molar refractivity (Wildman–Crippen MR) is 109 cm³/mol. The molecule has 0 N–H and O–H groups in total. The maximum absolute atomic E-state index is 12.7. The van der Waals surface area contributed by atoms with Gasteiger partial charge in [-0.3, -0.25) is 4.99 Å². The minimum Gasteiger partial charge on any atom is -0.256 e. The standard InChI is InChI=1S/C20H24N2O2S2/c1-16-11-13-22(14-12-16)26(23,24)20-9-5-18(6-10-20)21-15-17-3-7-19(25-2)8-4-17/h3-10,15-16H,11-14H2,1-2H3. The summed E-state index contributed by atoms with van der Waals surface area (Å²) in [4.78, 5) is 5.99. The lowest BCUT2D eigenvalue weighted by Gasteiger charge is -2.29. The van der Waals surface area contributed by atoms with E-state index in [4.69, 9.17) is 0 Å². The summed E-state index contributed by atoms with van der Waals surface area (Å²) in [5, 5.41) is 0. The van der Waals surface area contributed by atoms with Crippen molar-refractivity contribution in [3.8, 4) is 0 Å². The average Bonchev–Trinajstić information content (AvgIpc) is 2.67. The Morgan fingerprint density at radius 1 is 1.04 bits per heavy atom. The van der Waals surface area contributed by atoms with Crippen molar-refractivity contribution in [2.45, 2.75) is 29.6 Å². The third kappa shape index (κ3) is 4.55. The van der Waals surface area contributed by atoms with Crippen LogP contribution in [0, 0.1) is 5.92 Å². The van der Waals surface area contributed by atoms with E-state index >= 15 is 0 Å². The summed E-state index contributed by atoms with van der Waals surface area (Å²) in [5.74, 6) is 0.600. The van der Waals surface area contributed by atoms with Gasteiger partial charge in [0.2, 0.25) is 10.0 Å². The second kappa shape index (κ2) is 8.37. The Balaban J connectivity index is 1.70. The van der Waals surface area contributed by atoms with E-state index in [0.717, 1.165) is 24.1 Å². The van der Waals surface area contributed by atoms with Crippen LogP contribution >= 0.6 is 11.8 Å². The van der Waals surface area contributed by atoms with Crippen molar-refractivity contribution in [1.82, 2.24) is 4.31 Å². The van der Waals surface area contributed by atoms with Gasteiger partial charge in [-0.15, -0.1) is 11.8 Å². The van der Waals surface area contributed by atoms with Crippen molar-refractivity contribution in [1.29, 1.82) is 0 Å². The first-order valence-electron chi connectivity index (χ1n) is 8.77. The Bertz CT molecular complexity index is 852. The van der Waals surface area contributed by atoms with E-state index in [1.165, 1.54) is 4.90 Å². The van der Waals surface area contributed by atoms with Crippen molar-refractivity contribution in [3.63, 3.8) is 0 Å². The fourth-order valence-corrected chi connectivity index (χ4v) is 4.80. The molecule has 1 aliphatic rings. The third-order valence-electron chi connectivity index (χ3n) is 4.70. The van der Waals surface area contributed by atoms with Gasteiger partial charge in [0.1, 0.15) is 0 Å². The van der Waals surface area contributed by atoms with Crippen LogP contribution < -0.4 is 0 Å². The monoisotopic (exact) mass is 388 g/mol. The first kappa shape index (κ1) is 19.1. The maximum Gasteiger partial charge on any atom is 0.243 e. The number of aliphatic imine (C=N–C) groups is 1. The molecule has 0 amide bonds. The first-order valence-corrected chi connectivity index (χ1v) is 11.4. The van der Waals surface area contributed by atoms with Crippen LogP contribution in [-0.2, 0) is 10.0 Å². The molecule has 0 saturated carbocycles. The topological polar surface area (TPSA) is 49.7 Å². The number of hydrogen-bond acceptors (Lipinski definition) is 4. The van der Waals surface area contributed by atoms with Crippen LogP contribution in [0.1, 0.15) is 25.3 Å². The number of thioether (sulfide) groups is 1. The Kier molecular flexibility index (Phi) is 6.16. The van der Waals surface area contributed by atoms with Crippen LogP contribution in [-0.4, -0.2) is 38.3 Å². The van der Waals surface area contributed by atoms with E-state index in [1.54, 1.807) is 46.5 Å². The Labute approximate surface area is 160 Å². The molecular formula is C20H24N2O2S2. The molecule has 4 nitrogen and oxygen atoms in total. The van der Waals surface area contributed by atoms with Crippen LogP contribution in [0.2, 0.25) is 0 Å². The summed E-state index contributed by atoms with van der Waals surface area (Å²) in [6.07, 6.45) is 5.69. The van der Waals surface area contributed by atoms with Crippen LogP contribution in [0.25, 0.3) is 0 Å². The largest absolute Gasteiger partial charge is 0.256 e. The van der Waals surface area contributed by atoms with Crippen molar-refractivity contribution in [2.24, 2.45) is 10.9 Å². The van der Waals surface area contributed by atoms with Gasteiger partial charge < -0.3 is 0 Å². The van der Waals surface area contributed by atoms with E-state index in [9.17, 15) is 8.42 Å². The highest BCUT2D eigenvalue weighted by Crippen LogP contribution is 2.25. The summed E-state index contributed by atoms with van der Waals surface area (Å²) in [7, 11) is -3.40. The molecule has 2 aromatic rings. The number of nitrogens with zero attached hydrogens (tertiary/aromatic N) is 2. The molecule has 0 bridgehead atoms. The molecule has 6 heteroatoms. The molecular weight excluding hydrogens is 364 g/mol. The summed E-state index contributed by atoms with van der Waals surface area (Å²) in [5.41, 5.74) is 1.76. The van der Waals surface area contributed by atoms with Gasteiger partial charge in [0.25, 0.3) is 0 Å². The van der Waals surface area contributed by atoms with Crippen LogP contribution in [0.5, 0.6) is 0 Å². The third-order valence-corrected chi connectivity index (χ3v) is 7.35. The van der Waals surface area contributed by atoms with Gasteiger partial charge in [0, 0.05) is 24.2 Å². The molecule has 138 valence electrons. The van der Waals surface area contributed by atoms with Crippen LogP contribution in [0.3, 0.4) is 0 Å². The number of sulfonamides is 1. The Hall–Kier alpha value is -1.63. The SMILES string of the molecule is CSc1ccc(C=Nc2ccc(S(=O)(=O)N3CCC(C)CC3)cc2)cc1. The van der Waals surface area contributed by atoms with Gasteiger partial charge >= 0.3 is 0 Å². The molecule has 3 rings (SSSR count). The molecule has 1 aliphatic heterocycles.